The van der Waals surface area contributed by atoms with Gasteiger partial charge >= 0.3 is 17.1 Å². The number of hydrogen-bond acceptors (Lipinski definition) is 0. The molecule has 4 heavy (non-hydrogen) atoms. The van der Waals surface area contributed by atoms with Crippen LogP contribution in [0.3, 0.4) is 0 Å². The first kappa shape index (κ1) is 27.7. The molecule has 0 fully saturated rings. The second-order valence-corrected chi connectivity index (χ2v) is 0. The van der Waals surface area contributed by atoms with Gasteiger partial charge in [0.05, 0.1) is 0 Å². The maximum Gasteiger partial charge on any atom is 2.00 e. The van der Waals surface area contributed by atoms with Crippen LogP contribution < -0.4 is 0 Å². The summed E-state index contributed by atoms with van der Waals surface area (Å²) in [6, 6.07) is 0. The summed E-state index contributed by atoms with van der Waals surface area (Å²) in [6.07, 6.45) is 0. The molecule has 0 N–H and O–H groups in total. The smallest absolute Gasteiger partial charge is 2.00 e. The summed E-state index contributed by atoms with van der Waals surface area (Å²) in [5, 5.41) is 0. The fraction of sp³-hybridized carbons (Fsp3) is 0. The number of rotatable bonds is 0. The second kappa shape index (κ2) is 16.6. The molecule has 0 aromatic carbocycles. The van der Waals surface area contributed by atoms with Gasteiger partial charge in [-0.25, -0.2) is 0 Å². The van der Waals surface area contributed by atoms with Crippen LogP contribution in [0.25, 0.3) is 0 Å². The molecule has 0 saturated carbocycles. The summed E-state index contributed by atoms with van der Waals surface area (Å²) in [6.45, 7) is 0. The van der Waals surface area contributed by atoms with Gasteiger partial charge in [-0.05, 0) is 0 Å². The van der Waals surface area contributed by atoms with E-state index in [0.717, 1.165) is 0 Å². The van der Waals surface area contributed by atoms with Crippen LogP contribution in [0.2, 0.25) is 0 Å². The van der Waals surface area contributed by atoms with Crippen molar-refractivity contribution in [3.8, 4) is 0 Å². The third-order valence-electron chi connectivity index (χ3n) is 0. The Balaban J connectivity index is 0. The quantitative estimate of drug-likeness (QED) is 0.546. The molecule has 2 radical (unpaired) electrons. The molecule has 0 aliphatic carbocycles. The molecule has 0 heterocycles. The summed E-state index contributed by atoms with van der Waals surface area (Å²) in [5.74, 6) is 0. The third kappa shape index (κ3) is 8.90. The number of hydrogen-bond donors (Lipinski definition) is 0. The summed E-state index contributed by atoms with van der Waals surface area (Å²) in [5.41, 5.74) is 0. The predicted octanol–water partition coefficient (Wildman–Crippen LogP) is -0.121. The molecule has 20 valence electrons. The molecule has 0 aromatic heterocycles. The standard InChI is InChI=1S/Ce.La.Mn.O/q;;+2;-2. The Morgan fingerprint density at radius 1 is 1.00 bits per heavy atom. The molecule has 0 unspecified atom stereocenters. The van der Waals surface area contributed by atoms with E-state index >= 15 is 0 Å². The van der Waals surface area contributed by atoms with Crippen LogP contribution in [0.1, 0.15) is 0 Å². The Kier molecular flexibility index (Phi) is 115. The van der Waals surface area contributed by atoms with E-state index in [9.17, 15) is 0 Å². The molecule has 0 bridgehead atoms. The van der Waals surface area contributed by atoms with E-state index in [1.807, 2.05) is 0 Å². The van der Waals surface area contributed by atoms with Gasteiger partial charge in [-0.3, -0.25) is 0 Å². The van der Waals surface area contributed by atoms with Crippen molar-refractivity contribution in [2.24, 2.45) is 0 Å². The molecule has 0 atom stereocenters. The van der Waals surface area contributed by atoms with Gasteiger partial charge < -0.3 is 5.48 Å². The normalized spacial score (nSPS) is 0. The molecule has 0 amide bonds. The molecule has 0 aliphatic rings. The molecule has 1 nitrogen and oxygen atoms in total. The molecular formula is CeLaMnO. The maximum absolute atomic E-state index is 0. The zero-order chi connectivity index (χ0) is 0. The van der Waals surface area contributed by atoms with E-state index < -0.39 is 0 Å². The van der Waals surface area contributed by atoms with Crippen LogP contribution in [0, 0.1) is 77.3 Å². The summed E-state index contributed by atoms with van der Waals surface area (Å²) < 4.78 is 0. The molecular weight excluding hydrogens is 350 g/mol. The fourth-order valence-electron chi connectivity index (χ4n) is 0. The van der Waals surface area contributed by atoms with E-state index in [1.165, 1.54) is 0 Å². The molecule has 0 aromatic rings. The van der Waals surface area contributed by atoms with Crippen molar-refractivity contribution in [2.75, 3.05) is 0 Å². The van der Waals surface area contributed by atoms with Crippen molar-refractivity contribution >= 4 is 0 Å². The Labute approximate surface area is 97.4 Å². The molecule has 0 aliphatic heterocycles. The van der Waals surface area contributed by atoms with Gasteiger partial charge in [0.15, 0.2) is 0 Å². The first-order valence-corrected chi connectivity index (χ1v) is 0. The predicted molar refractivity (Wildman–Crippen MR) is 0.686 cm³/mol. The minimum absolute atomic E-state index is 0. The zero-order valence-corrected chi connectivity index (χ0v) is 9.81. The van der Waals surface area contributed by atoms with Gasteiger partial charge in [0.2, 0.25) is 0 Å². The van der Waals surface area contributed by atoms with Crippen LogP contribution in [-0.2, 0) is 22.5 Å². The van der Waals surface area contributed by atoms with E-state index in [1.54, 1.807) is 0 Å². The van der Waals surface area contributed by atoms with Crippen molar-refractivity contribution in [1.82, 2.24) is 0 Å². The zero-order valence-electron chi connectivity index (χ0n) is 1.86. The maximum atomic E-state index is 0. The van der Waals surface area contributed by atoms with Crippen LogP contribution >= 0.6 is 0 Å². The van der Waals surface area contributed by atoms with Crippen molar-refractivity contribution in [1.29, 1.82) is 0 Å². The van der Waals surface area contributed by atoms with Crippen molar-refractivity contribution in [2.45, 2.75) is 0 Å². The SMILES string of the molecule is [Ce].[La].[Mn+2].[O-2]. The van der Waals surface area contributed by atoms with Gasteiger partial charge in [0.1, 0.15) is 0 Å². The Hall–Kier alpha value is 3.05. The van der Waals surface area contributed by atoms with Gasteiger partial charge in [0, 0.05) is 77.3 Å². The monoisotopic (exact) mass is 350 g/mol. The fourth-order valence-corrected chi connectivity index (χ4v) is 0. The third-order valence-corrected chi connectivity index (χ3v) is 0. The molecule has 0 rings (SSSR count). The topological polar surface area (TPSA) is 28.5 Å². The molecule has 0 spiro atoms. The molecule has 4 heteroatoms. The van der Waals surface area contributed by atoms with E-state index in [-0.39, 0.29) is 99.9 Å². The Morgan fingerprint density at radius 3 is 1.00 bits per heavy atom. The average molecular weight is 350 g/mol. The van der Waals surface area contributed by atoms with Crippen molar-refractivity contribution < 1.29 is 99.9 Å². The Morgan fingerprint density at radius 2 is 1.00 bits per heavy atom. The van der Waals surface area contributed by atoms with Gasteiger partial charge in [-0.1, -0.05) is 0 Å². The largest absolute Gasteiger partial charge is 2.00 e. The second-order valence-electron chi connectivity index (χ2n) is 0. The molecule has 0 saturated heterocycles. The first-order chi connectivity index (χ1) is 0. The van der Waals surface area contributed by atoms with Crippen LogP contribution in [-0.4, -0.2) is 0 Å². The summed E-state index contributed by atoms with van der Waals surface area (Å²) >= 11 is 0. The van der Waals surface area contributed by atoms with Crippen molar-refractivity contribution in [3.05, 3.63) is 0 Å². The minimum Gasteiger partial charge on any atom is -2.00 e. The van der Waals surface area contributed by atoms with Crippen LogP contribution in [0.4, 0.5) is 0 Å². The average Bonchev–Trinajstić information content (AvgIpc) is 0. The van der Waals surface area contributed by atoms with Gasteiger partial charge in [-0.2, -0.15) is 0 Å². The van der Waals surface area contributed by atoms with E-state index in [4.69, 9.17) is 0 Å². The van der Waals surface area contributed by atoms with Crippen LogP contribution in [0.5, 0.6) is 0 Å². The minimum atomic E-state index is 0. The van der Waals surface area contributed by atoms with E-state index in [0.29, 0.717) is 0 Å². The van der Waals surface area contributed by atoms with Crippen molar-refractivity contribution in [3.63, 3.8) is 0 Å². The van der Waals surface area contributed by atoms with E-state index in [2.05, 4.69) is 0 Å². The summed E-state index contributed by atoms with van der Waals surface area (Å²) in [7, 11) is 0. The Bertz CT molecular complexity index is 8.00. The van der Waals surface area contributed by atoms with Gasteiger partial charge in [0.25, 0.3) is 0 Å². The summed E-state index contributed by atoms with van der Waals surface area (Å²) in [4.78, 5) is 0. The van der Waals surface area contributed by atoms with Gasteiger partial charge in [-0.15, -0.1) is 0 Å². The van der Waals surface area contributed by atoms with Crippen LogP contribution in [0.15, 0.2) is 0 Å². The first-order valence-electron chi connectivity index (χ1n) is 0.